The molecule has 1 aromatic rings. The van der Waals surface area contributed by atoms with Crippen molar-refractivity contribution in [3.8, 4) is 5.75 Å². The Labute approximate surface area is 159 Å². The second-order valence-corrected chi connectivity index (χ2v) is 7.52. The molecule has 4 heteroatoms. The van der Waals surface area contributed by atoms with E-state index < -0.39 is 0 Å². The number of benzene rings is 1. The van der Waals surface area contributed by atoms with Crippen LogP contribution in [0.25, 0.3) is 0 Å². The summed E-state index contributed by atoms with van der Waals surface area (Å²) in [5.74, 6) is 1.32. The fourth-order valence-corrected chi connectivity index (χ4v) is 3.88. The van der Waals surface area contributed by atoms with Crippen molar-refractivity contribution in [1.29, 1.82) is 0 Å². The van der Waals surface area contributed by atoms with Crippen LogP contribution in [-0.4, -0.2) is 49.5 Å². The molecule has 0 amide bonds. The monoisotopic (exact) mass is 360 g/mol. The first kappa shape index (κ1) is 20.9. The van der Waals surface area contributed by atoms with Gasteiger partial charge in [-0.25, -0.2) is 0 Å². The number of carbonyl (C=O) groups is 1. The first-order chi connectivity index (χ1) is 12.6. The number of carbonyl (C=O) groups excluding carboxylic acids is 1. The number of methoxy groups -OCH3 is 1. The third kappa shape index (κ3) is 7.08. The van der Waals surface area contributed by atoms with Crippen LogP contribution in [0.1, 0.15) is 57.9 Å². The lowest BCUT2D eigenvalue weighted by Gasteiger charge is -2.28. The van der Waals surface area contributed by atoms with Crippen LogP contribution < -0.4 is 10.1 Å². The number of nitrogens with one attached hydrogen (secondary N) is 1. The van der Waals surface area contributed by atoms with Crippen LogP contribution in [0.15, 0.2) is 24.3 Å². The number of hydrogen-bond acceptors (Lipinski definition) is 4. The van der Waals surface area contributed by atoms with Crippen molar-refractivity contribution in [3.63, 3.8) is 0 Å². The van der Waals surface area contributed by atoms with Gasteiger partial charge in [-0.05, 0) is 69.9 Å². The molecule has 4 nitrogen and oxygen atoms in total. The third-order valence-electron chi connectivity index (χ3n) is 5.51. The summed E-state index contributed by atoms with van der Waals surface area (Å²) in [5, 5.41) is 3.47. The average molecular weight is 361 g/mol. The van der Waals surface area contributed by atoms with Gasteiger partial charge in [0.2, 0.25) is 0 Å². The van der Waals surface area contributed by atoms with E-state index in [1.54, 1.807) is 7.11 Å². The smallest absolute Gasteiger partial charge is 0.134 e. The highest BCUT2D eigenvalue weighted by atomic mass is 16.5. The molecule has 0 spiro atoms. The largest absolute Gasteiger partial charge is 0.497 e. The van der Waals surface area contributed by atoms with E-state index in [0.29, 0.717) is 30.7 Å². The van der Waals surface area contributed by atoms with E-state index in [1.807, 2.05) is 12.1 Å². The van der Waals surface area contributed by atoms with E-state index >= 15 is 0 Å². The summed E-state index contributed by atoms with van der Waals surface area (Å²) in [6.07, 6.45) is 7.09. The van der Waals surface area contributed by atoms with Crippen LogP contribution in [0.5, 0.6) is 5.75 Å². The number of hydrogen-bond donors (Lipinski definition) is 1. The van der Waals surface area contributed by atoms with Gasteiger partial charge in [-0.1, -0.05) is 25.5 Å². The van der Waals surface area contributed by atoms with Gasteiger partial charge in [-0.3, -0.25) is 4.79 Å². The summed E-state index contributed by atoms with van der Waals surface area (Å²) in [7, 11) is 1.70. The topological polar surface area (TPSA) is 41.6 Å². The van der Waals surface area contributed by atoms with Crippen LogP contribution in [0, 0.1) is 0 Å². The number of piperidine rings is 1. The maximum Gasteiger partial charge on any atom is 0.134 e. The van der Waals surface area contributed by atoms with E-state index in [-0.39, 0.29) is 0 Å². The lowest BCUT2D eigenvalue weighted by Crippen LogP contribution is -2.36. The number of likely N-dealkylation sites (N-methyl/N-ethyl adjacent to an activating group) is 1. The molecule has 1 aliphatic heterocycles. The molecule has 2 atom stereocenters. The van der Waals surface area contributed by atoms with Gasteiger partial charge in [0.1, 0.15) is 11.5 Å². The van der Waals surface area contributed by atoms with E-state index in [2.05, 4.69) is 36.2 Å². The lowest BCUT2D eigenvalue weighted by atomic mass is 9.98. The van der Waals surface area contributed by atoms with Crippen molar-refractivity contribution >= 4 is 5.78 Å². The molecule has 0 aromatic heterocycles. The molecular formula is C22H36N2O2. The van der Waals surface area contributed by atoms with Crippen LogP contribution in [0.4, 0.5) is 0 Å². The minimum absolute atomic E-state index is 0.420. The van der Waals surface area contributed by atoms with Crippen molar-refractivity contribution in [2.45, 2.75) is 70.9 Å². The molecule has 0 saturated carbocycles. The Hall–Kier alpha value is -1.39. The van der Waals surface area contributed by atoms with Gasteiger partial charge >= 0.3 is 0 Å². The summed E-state index contributed by atoms with van der Waals surface area (Å²) in [4.78, 5) is 14.7. The van der Waals surface area contributed by atoms with E-state index in [1.165, 1.54) is 18.4 Å². The molecular weight excluding hydrogens is 324 g/mol. The van der Waals surface area contributed by atoms with Gasteiger partial charge in [-0.15, -0.1) is 0 Å². The molecule has 2 unspecified atom stereocenters. The molecule has 2 rings (SSSR count). The van der Waals surface area contributed by atoms with Crippen LogP contribution in [0.3, 0.4) is 0 Å². The molecule has 1 fully saturated rings. The maximum atomic E-state index is 12.2. The Bertz CT molecular complexity index is 523. The Morgan fingerprint density at radius 3 is 2.69 bits per heavy atom. The highest BCUT2D eigenvalue weighted by Crippen LogP contribution is 2.16. The lowest BCUT2D eigenvalue weighted by molar-refractivity contribution is -0.119. The zero-order valence-electron chi connectivity index (χ0n) is 16.8. The molecule has 1 N–H and O–H groups in total. The Kier molecular flexibility index (Phi) is 9.13. The number of rotatable bonds is 11. The predicted molar refractivity (Wildman–Crippen MR) is 108 cm³/mol. The van der Waals surface area contributed by atoms with Gasteiger partial charge in [0.05, 0.1) is 7.11 Å². The summed E-state index contributed by atoms with van der Waals surface area (Å²) < 4.78 is 5.23. The normalized spacial score (nSPS) is 18.7. The number of Topliss-reactive ketones (excluding diaryl/α,β-unsaturated/α-hetero) is 1. The highest BCUT2D eigenvalue weighted by Gasteiger charge is 2.17. The van der Waals surface area contributed by atoms with Crippen molar-refractivity contribution in [2.24, 2.45) is 0 Å². The molecule has 0 aliphatic carbocycles. The Morgan fingerprint density at radius 1 is 1.31 bits per heavy atom. The first-order valence-corrected chi connectivity index (χ1v) is 10.2. The van der Waals surface area contributed by atoms with Crippen molar-refractivity contribution < 1.29 is 9.53 Å². The number of ether oxygens (including phenoxy) is 1. The second kappa shape index (κ2) is 11.3. The van der Waals surface area contributed by atoms with E-state index in [0.717, 1.165) is 44.6 Å². The quantitative estimate of drug-likeness (QED) is 0.651. The Balaban J connectivity index is 1.70. The van der Waals surface area contributed by atoms with E-state index in [4.69, 9.17) is 4.74 Å². The zero-order valence-corrected chi connectivity index (χ0v) is 16.8. The van der Waals surface area contributed by atoms with Gasteiger partial charge in [0.25, 0.3) is 0 Å². The second-order valence-electron chi connectivity index (χ2n) is 7.52. The first-order valence-electron chi connectivity index (χ1n) is 10.2. The molecule has 1 aromatic carbocycles. The minimum atomic E-state index is 0.420. The van der Waals surface area contributed by atoms with Gasteiger partial charge in [0.15, 0.2) is 0 Å². The standard InChI is InChI=1S/C22H36N2O2/c1-4-24(18(2)16-19-10-12-22(26-3)13-11-19)15-7-9-21(25)17-20-8-5-6-14-23-20/h10-13,18,20,23H,4-9,14-17H2,1-3H3. The minimum Gasteiger partial charge on any atom is -0.497 e. The molecule has 1 saturated heterocycles. The molecule has 146 valence electrons. The number of nitrogens with zero attached hydrogens (tertiary/aromatic N) is 1. The van der Waals surface area contributed by atoms with Crippen molar-refractivity contribution in [1.82, 2.24) is 10.2 Å². The summed E-state index contributed by atoms with van der Waals surface area (Å²) in [6.45, 7) is 7.58. The molecule has 0 radical (unpaired) electrons. The predicted octanol–water partition coefficient (Wildman–Crippen LogP) is 3.83. The molecule has 1 aliphatic rings. The molecule has 0 bridgehead atoms. The fraction of sp³-hybridized carbons (Fsp3) is 0.682. The van der Waals surface area contributed by atoms with Crippen LogP contribution in [-0.2, 0) is 11.2 Å². The van der Waals surface area contributed by atoms with Crippen molar-refractivity contribution in [3.05, 3.63) is 29.8 Å². The van der Waals surface area contributed by atoms with Crippen LogP contribution in [0.2, 0.25) is 0 Å². The summed E-state index contributed by atoms with van der Waals surface area (Å²) in [6, 6.07) is 9.23. The van der Waals surface area contributed by atoms with Gasteiger partial charge < -0.3 is 15.0 Å². The van der Waals surface area contributed by atoms with Crippen LogP contribution >= 0.6 is 0 Å². The van der Waals surface area contributed by atoms with Crippen molar-refractivity contribution in [2.75, 3.05) is 26.7 Å². The summed E-state index contributed by atoms with van der Waals surface area (Å²) >= 11 is 0. The average Bonchev–Trinajstić information content (AvgIpc) is 2.66. The summed E-state index contributed by atoms with van der Waals surface area (Å²) in [5.41, 5.74) is 1.33. The third-order valence-corrected chi connectivity index (χ3v) is 5.51. The number of ketones is 1. The maximum absolute atomic E-state index is 12.2. The zero-order chi connectivity index (χ0) is 18.8. The molecule has 1 heterocycles. The van der Waals surface area contributed by atoms with Gasteiger partial charge in [-0.2, -0.15) is 0 Å². The highest BCUT2D eigenvalue weighted by molar-refractivity contribution is 5.79. The fourth-order valence-electron chi connectivity index (χ4n) is 3.88. The molecule has 26 heavy (non-hydrogen) atoms. The van der Waals surface area contributed by atoms with Gasteiger partial charge in [0, 0.05) is 24.9 Å². The van der Waals surface area contributed by atoms with E-state index in [9.17, 15) is 4.79 Å². The Morgan fingerprint density at radius 2 is 2.08 bits per heavy atom. The SMILES string of the molecule is CCN(CCCC(=O)CC1CCCCN1)C(C)Cc1ccc(OC)cc1.